The summed E-state index contributed by atoms with van der Waals surface area (Å²) in [5, 5.41) is 6.52. The highest BCUT2D eigenvalue weighted by atomic mass is 19.1. The second kappa shape index (κ2) is 13.9. The molecule has 7 heteroatoms. The van der Waals surface area contributed by atoms with Gasteiger partial charge in [0.25, 0.3) is 5.91 Å². The average molecular weight is 567 g/mol. The summed E-state index contributed by atoms with van der Waals surface area (Å²) >= 11 is 0. The zero-order valence-electron chi connectivity index (χ0n) is 23.8. The summed E-state index contributed by atoms with van der Waals surface area (Å²) in [5.41, 5.74) is 6.00. The number of carbonyl (C=O) groups is 1. The Morgan fingerprint density at radius 3 is 2.31 bits per heavy atom. The second-order valence-corrected chi connectivity index (χ2v) is 10.2. The van der Waals surface area contributed by atoms with E-state index >= 15 is 0 Å². The van der Waals surface area contributed by atoms with Gasteiger partial charge in [-0.05, 0) is 65.6 Å². The van der Waals surface area contributed by atoms with Crippen molar-refractivity contribution in [2.75, 3.05) is 25.6 Å². The number of anilines is 1. The van der Waals surface area contributed by atoms with Crippen LogP contribution in [0.25, 0.3) is 0 Å². The molecule has 0 fully saturated rings. The van der Waals surface area contributed by atoms with Gasteiger partial charge in [-0.1, -0.05) is 72.3 Å². The maximum atomic E-state index is 13.9. The molecule has 1 aliphatic heterocycles. The van der Waals surface area contributed by atoms with E-state index in [0.29, 0.717) is 30.8 Å². The zero-order valence-corrected chi connectivity index (χ0v) is 23.8. The van der Waals surface area contributed by atoms with Crippen molar-refractivity contribution in [2.45, 2.75) is 32.3 Å². The topological polar surface area (TPSA) is 68.8 Å². The van der Waals surface area contributed by atoms with Crippen LogP contribution in [0.4, 0.5) is 10.1 Å². The molecule has 0 aromatic heterocycles. The number of benzene rings is 4. The first-order valence-electron chi connectivity index (χ1n) is 14.0. The molecule has 216 valence electrons. The minimum absolute atomic E-state index is 0.207. The summed E-state index contributed by atoms with van der Waals surface area (Å²) in [6, 6.07) is 31.7. The summed E-state index contributed by atoms with van der Waals surface area (Å²) in [6.07, 6.45) is -1.12. The summed E-state index contributed by atoms with van der Waals surface area (Å²) < 4.78 is 31.8. The quantitative estimate of drug-likeness (QED) is 0.204. The Balaban J connectivity index is 1.45. The highest BCUT2D eigenvalue weighted by molar-refractivity contribution is 5.96. The first kappa shape index (κ1) is 29.0. The number of para-hydroxylation sites is 1. The van der Waals surface area contributed by atoms with Crippen LogP contribution in [0.5, 0.6) is 5.75 Å². The van der Waals surface area contributed by atoms with E-state index in [-0.39, 0.29) is 18.3 Å². The molecule has 2 N–H and O–H groups in total. The summed E-state index contributed by atoms with van der Waals surface area (Å²) in [7, 11) is 1.63. The summed E-state index contributed by atoms with van der Waals surface area (Å²) in [4.78, 5) is 13.9. The van der Waals surface area contributed by atoms with Gasteiger partial charge in [-0.25, -0.2) is 4.39 Å². The highest BCUT2D eigenvalue weighted by Gasteiger charge is 2.36. The summed E-state index contributed by atoms with van der Waals surface area (Å²) in [5.74, 6) is 0.178. The Morgan fingerprint density at radius 2 is 1.62 bits per heavy atom. The van der Waals surface area contributed by atoms with Gasteiger partial charge in [-0.15, -0.1) is 0 Å². The molecule has 0 spiro atoms. The van der Waals surface area contributed by atoms with E-state index in [1.54, 1.807) is 19.2 Å². The lowest BCUT2D eigenvalue weighted by atomic mass is 9.95. The number of hydrogen-bond donors (Lipinski definition) is 2. The lowest BCUT2D eigenvalue weighted by Crippen LogP contribution is -2.31. The number of rotatable bonds is 12. The molecule has 0 bridgehead atoms. The maximum absolute atomic E-state index is 13.9. The van der Waals surface area contributed by atoms with E-state index in [1.165, 1.54) is 12.1 Å². The molecule has 4 aromatic carbocycles. The molecule has 2 unspecified atom stereocenters. The molecule has 0 saturated carbocycles. The molecular weight excluding hydrogens is 531 g/mol. The van der Waals surface area contributed by atoms with E-state index in [0.717, 1.165) is 33.7 Å². The molecule has 0 aliphatic carbocycles. The minimum atomic E-state index is -0.651. The molecule has 1 heterocycles. The average Bonchev–Trinajstić information content (AvgIpc) is 3.47. The van der Waals surface area contributed by atoms with Crippen molar-refractivity contribution in [1.82, 2.24) is 5.32 Å². The summed E-state index contributed by atoms with van der Waals surface area (Å²) in [6.45, 7) is 3.35. The van der Waals surface area contributed by atoms with E-state index < -0.39 is 12.2 Å². The van der Waals surface area contributed by atoms with Gasteiger partial charge in [0.05, 0.1) is 32.0 Å². The third-order valence-electron chi connectivity index (χ3n) is 7.27. The molecule has 1 aliphatic rings. The SMILES string of the molecule is COc1ccc(COC(CNc2ccccc2)C2=C(C(=O)NCc3ccc(C)cc3)C(c3ccc(F)cc3)OC2)cc1. The van der Waals surface area contributed by atoms with Gasteiger partial charge in [0.15, 0.2) is 0 Å². The zero-order chi connectivity index (χ0) is 29.3. The van der Waals surface area contributed by atoms with Crippen molar-refractivity contribution in [3.05, 3.63) is 142 Å². The van der Waals surface area contributed by atoms with Gasteiger partial charge >= 0.3 is 0 Å². The van der Waals surface area contributed by atoms with Gasteiger partial charge in [0.2, 0.25) is 0 Å². The monoisotopic (exact) mass is 566 g/mol. The van der Waals surface area contributed by atoms with Crippen LogP contribution in [-0.2, 0) is 27.4 Å². The van der Waals surface area contributed by atoms with Crippen LogP contribution >= 0.6 is 0 Å². The normalized spacial score (nSPS) is 15.4. The fraction of sp³-hybridized carbons (Fsp3) is 0.229. The first-order valence-corrected chi connectivity index (χ1v) is 14.0. The first-order chi connectivity index (χ1) is 20.5. The minimum Gasteiger partial charge on any atom is -0.497 e. The van der Waals surface area contributed by atoms with Crippen molar-refractivity contribution >= 4 is 11.6 Å². The number of methoxy groups -OCH3 is 1. The van der Waals surface area contributed by atoms with Gasteiger partial charge in [-0.2, -0.15) is 0 Å². The molecule has 4 aromatic rings. The van der Waals surface area contributed by atoms with Crippen LogP contribution in [0.2, 0.25) is 0 Å². The van der Waals surface area contributed by atoms with E-state index in [1.807, 2.05) is 85.8 Å². The Morgan fingerprint density at radius 1 is 0.929 bits per heavy atom. The predicted octanol–water partition coefficient (Wildman–Crippen LogP) is 6.52. The van der Waals surface area contributed by atoms with Gasteiger partial charge < -0.3 is 24.8 Å². The van der Waals surface area contributed by atoms with E-state index in [2.05, 4.69) is 10.6 Å². The smallest absolute Gasteiger partial charge is 0.250 e. The van der Waals surface area contributed by atoms with Gasteiger partial charge in [-0.3, -0.25) is 4.79 Å². The third kappa shape index (κ3) is 7.43. The molecule has 0 saturated heterocycles. The fourth-order valence-electron chi connectivity index (χ4n) is 4.89. The molecule has 6 nitrogen and oxygen atoms in total. The Bertz CT molecular complexity index is 1490. The van der Waals surface area contributed by atoms with Crippen molar-refractivity contribution in [2.24, 2.45) is 0 Å². The number of amides is 1. The maximum Gasteiger partial charge on any atom is 0.250 e. The lowest BCUT2D eigenvalue weighted by Gasteiger charge is -2.22. The van der Waals surface area contributed by atoms with E-state index in [4.69, 9.17) is 14.2 Å². The third-order valence-corrected chi connectivity index (χ3v) is 7.27. The molecule has 2 atom stereocenters. The van der Waals surface area contributed by atoms with Crippen LogP contribution in [0.15, 0.2) is 114 Å². The van der Waals surface area contributed by atoms with Crippen LogP contribution in [0.1, 0.15) is 28.4 Å². The van der Waals surface area contributed by atoms with Crippen LogP contribution in [-0.4, -0.2) is 32.3 Å². The lowest BCUT2D eigenvalue weighted by molar-refractivity contribution is -0.118. The number of carbonyl (C=O) groups excluding carboxylic acids is 1. The molecule has 5 rings (SSSR count). The van der Waals surface area contributed by atoms with Crippen LogP contribution in [0, 0.1) is 12.7 Å². The standard InChI is InChI=1S/C35H35FN2O4/c1-24-8-10-25(11-9-24)20-38-35(39)33-31(23-42-34(33)27-14-16-28(36)17-15-27)32(21-37-29-6-4-3-5-7-29)41-22-26-12-18-30(40-2)19-13-26/h3-19,32,34,37H,20-23H2,1-2H3,(H,38,39). The van der Waals surface area contributed by atoms with Crippen molar-refractivity contribution < 1.29 is 23.4 Å². The number of nitrogens with one attached hydrogen (secondary N) is 2. The fourth-order valence-corrected chi connectivity index (χ4v) is 4.89. The van der Waals surface area contributed by atoms with Gasteiger partial charge in [0.1, 0.15) is 17.7 Å². The number of hydrogen-bond acceptors (Lipinski definition) is 5. The molecular formula is C35H35FN2O4. The number of aryl methyl sites for hydroxylation is 1. The Kier molecular flexibility index (Phi) is 9.64. The highest BCUT2D eigenvalue weighted by Crippen LogP contribution is 2.37. The largest absolute Gasteiger partial charge is 0.497 e. The molecule has 0 radical (unpaired) electrons. The molecule has 42 heavy (non-hydrogen) atoms. The van der Waals surface area contributed by atoms with Crippen molar-refractivity contribution in [1.29, 1.82) is 0 Å². The Hall–Kier alpha value is -4.46. The number of halogens is 1. The predicted molar refractivity (Wildman–Crippen MR) is 162 cm³/mol. The molecule has 1 amide bonds. The van der Waals surface area contributed by atoms with Gasteiger partial charge in [0, 0.05) is 18.8 Å². The number of ether oxygens (including phenoxy) is 3. The van der Waals surface area contributed by atoms with Crippen molar-refractivity contribution in [3.63, 3.8) is 0 Å². The van der Waals surface area contributed by atoms with Crippen LogP contribution < -0.4 is 15.4 Å². The van der Waals surface area contributed by atoms with E-state index in [9.17, 15) is 9.18 Å². The Labute approximate surface area is 246 Å². The second-order valence-electron chi connectivity index (χ2n) is 10.2. The van der Waals surface area contributed by atoms with Crippen molar-refractivity contribution in [3.8, 4) is 5.75 Å². The van der Waals surface area contributed by atoms with Crippen LogP contribution in [0.3, 0.4) is 0 Å².